The van der Waals surface area contributed by atoms with Gasteiger partial charge in [0.1, 0.15) is 0 Å². The Bertz CT molecular complexity index is 682. The Labute approximate surface area is 233 Å². The number of aryl methyl sites for hydroxylation is 3. The molecule has 0 unspecified atom stereocenters. The van der Waals surface area contributed by atoms with Crippen LogP contribution in [0.1, 0.15) is 88.8 Å². The molecule has 0 saturated heterocycles. The van der Waals surface area contributed by atoms with Crippen molar-refractivity contribution in [1.29, 1.82) is 0 Å². The average Bonchev–Trinajstić information content (AvgIpc) is 3.18. The maximum atomic E-state index is 2.57. The summed E-state index contributed by atoms with van der Waals surface area (Å²) in [4.78, 5) is 0. The van der Waals surface area contributed by atoms with Crippen molar-refractivity contribution in [2.45, 2.75) is 104 Å². The number of halogens is 3. The van der Waals surface area contributed by atoms with E-state index in [1.807, 2.05) is 0 Å². The third-order valence-corrected chi connectivity index (χ3v) is 9.94. The topological polar surface area (TPSA) is 0 Å². The number of rotatable bonds is 13. The largest absolute Gasteiger partial charge is 4.00 e. The van der Waals surface area contributed by atoms with E-state index in [1.54, 1.807) is 27.1 Å². The average molecular weight is 550 g/mol. The Morgan fingerprint density at radius 3 is 1.66 bits per heavy atom. The second kappa shape index (κ2) is 19.7. The molecule has 180 valence electrons. The first-order chi connectivity index (χ1) is 13.5. The van der Waals surface area contributed by atoms with Crippen molar-refractivity contribution >= 4 is 18.4 Å². The minimum atomic E-state index is -1.64. The fraction of sp³-hybridized carbons (Fsp3) is 0.593. The summed E-state index contributed by atoms with van der Waals surface area (Å²) in [6.07, 6.45) is 14.5. The molecule has 0 amide bonds. The summed E-state index contributed by atoms with van der Waals surface area (Å²) < 4.78 is 0. The Kier molecular flexibility index (Phi) is 22.7. The van der Waals surface area contributed by atoms with Gasteiger partial charge in [0, 0.05) is 0 Å². The van der Waals surface area contributed by atoms with Gasteiger partial charge in [0.05, 0.1) is 8.07 Å². The maximum Gasteiger partial charge on any atom is 4.00 e. The minimum absolute atomic E-state index is 0. The Hall–Kier alpha value is 0.371. The van der Waals surface area contributed by atoms with E-state index in [4.69, 9.17) is 0 Å². The standard InChI is InChI=1S/C27H43Si.3ClH.Ti/c1-6-9-11-13-16-23-20-24(17-14-12-10-7-2)22-26(21-23)28(4,5)27-19-15-18-25(27)8-3;;;;/h15,18-22H,6-14,16-17H2,1-5H3;3*1H;/q-1;;;;+4/p-3. The van der Waals surface area contributed by atoms with Crippen molar-refractivity contribution in [3.63, 3.8) is 0 Å². The van der Waals surface area contributed by atoms with Crippen LogP contribution in [0.25, 0.3) is 0 Å². The maximum absolute atomic E-state index is 2.57. The summed E-state index contributed by atoms with van der Waals surface area (Å²) in [6.45, 7) is 12.0. The first-order valence-electron chi connectivity index (χ1n) is 11.9. The molecule has 5 heteroatoms. The van der Waals surface area contributed by atoms with Gasteiger partial charge in [-0.25, -0.2) is 12.1 Å². The molecule has 0 aliphatic carbocycles. The first-order valence-corrected chi connectivity index (χ1v) is 14.9. The zero-order valence-corrected chi connectivity index (χ0v) is 25.7. The normalized spacial score (nSPS) is 10.4. The number of benzene rings is 1. The van der Waals surface area contributed by atoms with Gasteiger partial charge in [-0.3, -0.25) is 0 Å². The molecular formula is C27H43Cl3SiTi. The Morgan fingerprint density at radius 1 is 0.719 bits per heavy atom. The zero-order chi connectivity index (χ0) is 20.4. The van der Waals surface area contributed by atoms with E-state index < -0.39 is 8.07 Å². The van der Waals surface area contributed by atoms with E-state index in [0.717, 1.165) is 6.42 Å². The van der Waals surface area contributed by atoms with Crippen molar-refractivity contribution in [3.8, 4) is 0 Å². The van der Waals surface area contributed by atoms with Gasteiger partial charge in [0.15, 0.2) is 0 Å². The molecule has 2 aromatic carbocycles. The van der Waals surface area contributed by atoms with Crippen LogP contribution in [0.3, 0.4) is 0 Å². The molecule has 0 heterocycles. The second-order valence-electron chi connectivity index (χ2n) is 9.10. The molecule has 0 fully saturated rings. The third kappa shape index (κ3) is 11.2. The van der Waals surface area contributed by atoms with Gasteiger partial charge >= 0.3 is 21.7 Å². The van der Waals surface area contributed by atoms with Crippen molar-refractivity contribution in [1.82, 2.24) is 0 Å². The Morgan fingerprint density at radius 2 is 1.22 bits per heavy atom. The van der Waals surface area contributed by atoms with Crippen LogP contribution in [0.5, 0.6) is 0 Å². The third-order valence-electron chi connectivity index (χ3n) is 6.37. The van der Waals surface area contributed by atoms with Crippen LogP contribution >= 0.6 is 0 Å². The van der Waals surface area contributed by atoms with Crippen LogP contribution in [0.15, 0.2) is 36.4 Å². The van der Waals surface area contributed by atoms with E-state index in [1.165, 1.54) is 64.2 Å². The van der Waals surface area contributed by atoms with Gasteiger partial charge < -0.3 is 37.2 Å². The number of unbranched alkanes of at least 4 members (excludes halogenated alkanes) is 6. The fourth-order valence-electron chi connectivity index (χ4n) is 4.45. The number of hydrogen-bond acceptors (Lipinski definition) is 0. The summed E-state index contributed by atoms with van der Waals surface area (Å²) in [5, 5.41) is 3.29. The van der Waals surface area contributed by atoms with Crippen LogP contribution in [0, 0.1) is 0 Å². The smallest absolute Gasteiger partial charge is 1.00 e. The zero-order valence-electron chi connectivity index (χ0n) is 20.9. The molecule has 0 saturated carbocycles. The van der Waals surface area contributed by atoms with Crippen LogP contribution in [-0.2, 0) is 41.0 Å². The molecule has 0 aliphatic heterocycles. The number of hydrogen-bond donors (Lipinski definition) is 0. The van der Waals surface area contributed by atoms with Crippen LogP contribution in [0.4, 0.5) is 0 Å². The van der Waals surface area contributed by atoms with Crippen LogP contribution in [-0.4, -0.2) is 8.07 Å². The summed E-state index contributed by atoms with van der Waals surface area (Å²) >= 11 is 0. The van der Waals surface area contributed by atoms with Crippen molar-refractivity contribution < 1.29 is 58.9 Å². The molecule has 32 heavy (non-hydrogen) atoms. The monoisotopic (exact) mass is 548 g/mol. The van der Waals surface area contributed by atoms with Crippen molar-refractivity contribution in [2.75, 3.05) is 0 Å². The summed E-state index contributed by atoms with van der Waals surface area (Å²) in [5.41, 5.74) is 4.74. The SMILES string of the molecule is CCCCCCc1cc(CCCCCC)cc([Si](C)(C)[c-]2cccc2CC)c1.[Cl-].[Cl-].[Cl-].[Ti+4]. The first kappa shape index (κ1) is 36.9. The van der Waals surface area contributed by atoms with Crippen LogP contribution < -0.4 is 47.6 Å². The van der Waals surface area contributed by atoms with E-state index in [2.05, 4.69) is 70.3 Å². The Balaban J connectivity index is -0.00000210. The second-order valence-corrected chi connectivity index (χ2v) is 13.5. The predicted molar refractivity (Wildman–Crippen MR) is 130 cm³/mol. The fourth-order valence-corrected chi connectivity index (χ4v) is 7.43. The van der Waals surface area contributed by atoms with Gasteiger partial charge in [-0.05, 0) is 36.8 Å². The summed E-state index contributed by atoms with van der Waals surface area (Å²) in [5.74, 6) is 0. The van der Waals surface area contributed by atoms with E-state index >= 15 is 0 Å². The molecule has 0 spiro atoms. The van der Waals surface area contributed by atoms with Gasteiger partial charge in [-0.15, -0.1) is 0 Å². The van der Waals surface area contributed by atoms with E-state index in [9.17, 15) is 0 Å². The molecular weight excluding hydrogens is 507 g/mol. The summed E-state index contributed by atoms with van der Waals surface area (Å²) in [6, 6.07) is 14.7. The molecule has 0 nitrogen and oxygen atoms in total. The molecule has 2 rings (SSSR count). The molecule has 0 aliphatic rings. The summed E-state index contributed by atoms with van der Waals surface area (Å²) in [7, 11) is -1.64. The van der Waals surface area contributed by atoms with E-state index in [-0.39, 0.29) is 58.9 Å². The molecule has 0 aromatic heterocycles. The van der Waals surface area contributed by atoms with E-state index in [0.29, 0.717) is 0 Å². The van der Waals surface area contributed by atoms with Crippen LogP contribution in [0.2, 0.25) is 13.1 Å². The van der Waals surface area contributed by atoms with Gasteiger partial charge in [-0.1, -0.05) is 102 Å². The molecule has 2 aromatic rings. The van der Waals surface area contributed by atoms with Gasteiger partial charge in [0.25, 0.3) is 0 Å². The van der Waals surface area contributed by atoms with Gasteiger partial charge in [-0.2, -0.15) is 16.8 Å². The minimum Gasteiger partial charge on any atom is -1.00 e. The molecule has 0 atom stereocenters. The van der Waals surface area contributed by atoms with Crippen molar-refractivity contribution in [2.24, 2.45) is 0 Å². The molecule has 0 radical (unpaired) electrons. The molecule has 0 bridgehead atoms. The van der Waals surface area contributed by atoms with Gasteiger partial charge in [0.2, 0.25) is 0 Å². The molecule has 0 N–H and O–H groups in total. The quantitative estimate of drug-likeness (QED) is 0.155. The predicted octanol–water partition coefficient (Wildman–Crippen LogP) is -1.95. The van der Waals surface area contributed by atoms with Crippen molar-refractivity contribution in [3.05, 3.63) is 53.1 Å².